The summed E-state index contributed by atoms with van der Waals surface area (Å²) >= 11 is 6.25. The van der Waals surface area contributed by atoms with E-state index in [2.05, 4.69) is 10.6 Å². The third-order valence-electron chi connectivity index (χ3n) is 5.57. The van der Waals surface area contributed by atoms with Gasteiger partial charge in [-0.1, -0.05) is 41.9 Å². The summed E-state index contributed by atoms with van der Waals surface area (Å²) in [6.07, 6.45) is 0.802. The number of anilines is 1. The first kappa shape index (κ1) is 21.1. The number of hydrogen-bond donors (Lipinski definition) is 2. The van der Waals surface area contributed by atoms with Crippen LogP contribution in [0, 0.1) is 11.7 Å². The molecule has 0 saturated heterocycles. The van der Waals surface area contributed by atoms with Gasteiger partial charge in [-0.25, -0.2) is 4.39 Å². The number of carbonyl (C=O) groups excluding carboxylic acids is 2. The molecule has 0 aromatic heterocycles. The van der Waals surface area contributed by atoms with E-state index in [9.17, 15) is 14.0 Å². The minimum absolute atomic E-state index is 0.0195. The van der Waals surface area contributed by atoms with Crippen LogP contribution in [0.1, 0.15) is 46.8 Å². The predicted molar refractivity (Wildman–Crippen MR) is 120 cm³/mol. The topological polar surface area (TPSA) is 58.2 Å². The van der Waals surface area contributed by atoms with Crippen molar-refractivity contribution in [3.63, 3.8) is 0 Å². The van der Waals surface area contributed by atoms with Gasteiger partial charge in [-0.3, -0.25) is 9.59 Å². The predicted octanol–water partition coefficient (Wildman–Crippen LogP) is 5.71. The van der Waals surface area contributed by atoms with Crippen molar-refractivity contribution in [1.29, 1.82) is 0 Å². The van der Waals surface area contributed by atoms with Crippen LogP contribution in [-0.4, -0.2) is 11.8 Å². The van der Waals surface area contributed by atoms with Crippen molar-refractivity contribution in [2.45, 2.75) is 25.3 Å². The molecule has 158 valence electrons. The highest BCUT2D eigenvalue weighted by atomic mass is 35.5. The number of hydrogen-bond acceptors (Lipinski definition) is 2. The Kier molecular flexibility index (Phi) is 6.05. The summed E-state index contributed by atoms with van der Waals surface area (Å²) in [7, 11) is 0. The molecule has 0 radical (unpaired) electrons. The van der Waals surface area contributed by atoms with Crippen molar-refractivity contribution in [3.8, 4) is 0 Å². The standard InChI is InChI=1S/C25H22ClFN2O2/c1-15(28-25(31)22-14-21(22)20-4-2-3-5-23(20)26)16-8-12-19(13-9-16)29-24(30)17-6-10-18(27)11-7-17/h2-13,15,21-22H,14H2,1H3,(H,28,31)(H,29,30). The Hall–Kier alpha value is -3.18. The first-order valence-corrected chi connectivity index (χ1v) is 10.5. The number of halogens is 2. The van der Waals surface area contributed by atoms with Crippen LogP contribution in [-0.2, 0) is 4.79 Å². The van der Waals surface area contributed by atoms with Gasteiger partial charge >= 0.3 is 0 Å². The van der Waals surface area contributed by atoms with Crippen molar-refractivity contribution in [3.05, 3.63) is 100 Å². The van der Waals surface area contributed by atoms with Gasteiger partial charge < -0.3 is 10.6 Å². The van der Waals surface area contributed by atoms with Gasteiger partial charge in [-0.15, -0.1) is 0 Å². The Bertz CT molecular complexity index is 1100. The molecule has 2 N–H and O–H groups in total. The minimum Gasteiger partial charge on any atom is -0.349 e. The van der Waals surface area contributed by atoms with E-state index >= 15 is 0 Å². The molecule has 31 heavy (non-hydrogen) atoms. The normalized spacial score (nSPS) is 18.2. The Morgan fingerprint density at radius 3 is 2.35 bits per heavy atom. The number of amides is 2. The van der Waals surface area contributed by atoms with Crippen molar-refractivity contribution in [2.24, 2.45) is 5.92 Å². The fraction of sp³-hybridized carbons (Fsp3) is 0.200. The van der Waals surface area contributed by atoms with E-state index in [0.717, 1.165) is 17.5 Å². The molecule has 0 aliphatic heterocycles. The van der Waals surface area contributed by atoms with E-state index < -0.39 is 0 Å². The first-order chi connectivity index (χ1) is 14.9. The van der Waals surface area contributed by atoms with Gasteiger partial charge in [-0.2, -0.15) is 0 Å². The fourth-order valence-electron chi connectivity index (χ4n) is 3.67. The maximum atomic E-state index is 13.0. The van der Waals surface area contributed by atoms with Crippen molar-refractivity contribution in [2.75, 3.05) is 5.32 Å². The monoisotopic (exact) mass is 436 g/mol. The second-order valence-electron chi connectivity index (χ2n) is 7.78. The lowest BCUT2D eigenvalue weighted by molar-refractivity contribution is -0.123. The summed E-state index contributed by atoms with van der Waals surface area (Å²) < 4.78 is 13.0. The Morgan fingerprint density at radius 1 is 1.00 bits per heavy atom. The van der Waals surface area contributed by atoms with Gasteiger partial charge in [0, 0.05) is 22.2 Å². The summed E-state index contributed by atoms with van der Waals surface area (Å²) in [5.74, 6) is -0.567. The van der Waals surface area contributed by atoms with E-state index in [0.29, 0.717) is 16.3 Å². The highest BCUT2D eigenvalue weighted by Gasteiger charge is 2.45. The maximum absolute atomic E-state index is 13.0. The van der Waals surface area contributed by atoms with Crippen LogP contribution in [0.3, 0.4) is 0 Å². The van der Waals surface area contributed by atoms with E-state index in [1.54, 1.807) is 12.1 Å². The van der Waals surface area contributed by atoms with Gasteiger partial charge in [0.15, 0.2) is 0 Å². The first-order valence-electron chi connectivity index (χ1n) is 10.1. The van der Waals surface area contributed by atoms with Gasteiger partial charge in [0.2, 0.25) is 5.91 Å². The van der Waals surface area contributed by atoms with Crippen LogP contribution in [0.4, 0.5) is 10.1 Å². The highest BCUT2D eigenvalue weighted by molar-refractivity contribution is 6.31. The minimum atomic E-state index is -0.388. The molecule has 2 amide bonds. The van der Waals surface area contributed by atoms with Crippen molar-refractivity contribution in [1.82, 2.24) is 5.32 Å². The molecule has 0 heterocycles. The summed E-state index contributed by atoms with van der Waals surface area (Å²) in [5, 5.41) is 6.55. The van der Waals surface area contributed by atoms with Crippen LogP contribution >= 0.6 is 11.6 Å². The summed E-state index contributed by atoms with van der Waals surface area (Å²) in [5.41, 5.74) is 2.96. The zero-order valence-corrected chi connectivity index (χ0v) is 17.7. The molecule has 3 aromatic rings. The maximum Gasteiger partial charge on any atom is 0.255 e. The number of carbonyl (C=O) groups is 2. The Labute approximate surface area is 185 Å². The number of benzene rings is 3. The molecule has 0 spiro atoms. The second-order valence-corrected chi connectivity index (χ2v) is 8.19. The summed E-state index contributed by atoms with van der Waals surface area (Å²) in [6.45, 7) is 1.93. The van der Waals surface area contributed by atoms with Crippen LogP contribution in [0.15, 0.2) is 72.8 Å². The molecular weight excluding hydrogens is 415 g/mol. The molecule has 4 rings (SSSR count). The molecule has 3 atom stereocenters. The lowest BCUT2D eigenvalue weighted by Crippen LogP contribution is -2.28. The zero-order valence-electron chi connectivity index (χ0n) is 16.9. The van der Waals surface area contributed by atoms with Crippen molar-refractivity contribution >= 4 is 29.1 Å². The third-order valence-corrected chi connectivity index (χ3v) is 5.91. The molecule has 3 unspecified atom stereocenters. The fourth-order valence-corrected chi connectivity index (χ4v) is 3.94. The second kappa shape index (κ2) is 8.90. The average Bonchev–Trinajstić information content (AvgIpc) is 3.56. The number of nitrogens with one attached hydrogen (secondary N) is 2. The Balaban J connectivity index is 1.33. The van der Waals surface area contributed by atoms with Crippen LogP contribution in [0.5, 0.6) is 0 Å². The molecule has 1 aliphatic rings. The molecule has 4 nitrogen and oxygen atoms in total. The molecule has 0 bridgehead atoms. The highest BCUT2D eigenvalue weighted by Crippen LogP contribution is 2.49. The molecule has 6 heteroatoms. The van der Waals surface area contributed by atoms with E-state index in [1.807, 2.05) is 43.3 Å². The van der Waals surface area contributed by atoms with E-state index in [1.165, 1.54) is 24.3 Å². The van der Waals surface area contributed by atoms with Crippen molar-refractivity contribution < 1.29 is 14.0 Å². The molecular formula is C25H22ClFN2O2. The zero-order chi connectivity index (χ0) is 22.0. The van der Waals surface area contributed by atoms with Crippen LogP contribution in [0.2, 0.25) is 5.02 Å². The van der Waals surface area contributed by atoms with Gasteiger partial charge in [0.1, 0.15) is 5.82 Å². The van der Waals surface area contributed by atoms with E-state index in [4.69, 9.17) is 11.6 Å². The molecule has 3 aromatic carbocycles. The molecule has 1 saturated carbocycles. The SMILES string of the molecule is CC(NC(=O)C1CC1c1ccccc1Cl)c1ccc(NC(=O)c2ccc(F)cc2)cc1. The lowest BCUT2D eigenvalue weighted by atomic mass is 10.1. The molecule has 1 aliphatic carbocycles. The van der Waals surface area contributed by atoms with Gasteiger partial charge in [0.05, 0.1) is 6.04 Å². The quantitative estimate of drug-likeness (QED) is 0.519. The van der Waals surface area contributed by atoms with Crippen LogP contribution in [0.25, 0.3) is 0 Å². The lowest BCUT2D eigenvalue weighted by Gasteiger charge is -2.15. The molecule has 1 fully saturated rings. The summed E-state index contributed by atoms with van der Waals surface area (Å²) in [6, 6.07) is 20.1. The smallest absolute Gasteiger partial charge is 0.255 e. The van der Waals surface area contributed by atoms with Gasteiger partial charge in [-0.05, 0) is 72.9 Å². The van der Waals surface area contributed by atoms with E-state index in [-0.39, 0.29) is 35.5 Å². The third kappa shape index (κ3) is 4.94. The largest absolute Gasteiger partial charge is 0.349 e. The summed E-state index contributed by atoms with van der Waals surface area (Å²) in [4.78, 5) is 24.9. The van der Waals surface area contributed by atoms with Crippen LogP contribution < -0.4 is 10.6 Å². The average molecular weight is 437 g/mol. The van der Waals surface area contributed by atoms with Gasteiger partial charge in [0.25, 0.3) is 5.91 Å². The Morgan fingerprint density at radius 2 is 1.68 bits per heavy atom. The number of rotatable bonds is 6.